The first-order valence-electron chi connectivity index (χ1n) is 5.94. The fraction of sp³-hybridized carbons (Fsp3) is 0.286. The van der Waals surface area contributed by atoms with Gasteiger partial charge in [-0.05, 0) is 25.5 Å². The Hall–Kier alpha value is -1.75. The molecule has 3 N–H and O–H groups in total. The van der Waals surface area contributed by atoms with Gasteiger partial charge in [0.05, 0.1) is 18.5 Å². The second kappa shape index (κ2) is 5.48. The summed E-state index contributed by atoms with van der Waals surface area (Å²) in [6.45, 7) is 4.85. The van der Waals surface area contributed by atoms with Crippen LogP contribution in [-0.4, -0.2) is 7.11 Å². The number of nitrogen functional groups attached to an aromatic ring is 1. The predicted molar refractivity (Wildman–Crippen MR) is 78.5 cm³/mol. The lowest BCUT2D eigenvalue weighted by atomic mass is 10.2. The normalized spacial score (nSPS) is 10.5. The molecule has 0 unspecified atom stereocenters. The van der Waals surface area contributed by atoms with Crippen molar-refractivity contribution in [3.8, 4) is 5.75 Å². The van der Waals surface area contributed by atoms with E-state index >= 15 is 0 Å². The standard InChI is InChI=1S/C14H17FN2OS/c1-8-4-10(19-9(8)2)7-17-13-6-14(18-3)11(15)5-12(13)16/h4-6,17H,7,16H2,1-3H3. The third-order valence-electron chi connectivity index (χ3n) is 2.99. The first-order chi connectivity index (χ1) is 9.01. The summed E-state index contributed by atoms with van der Waals surface area (Å²) in [6.07, 6.45) is 0. The SMILES string of the molecule is COc1cc(NCc2cc(C)c(C)s2)c(N)cc1F. The molecule has 0 amide bonds. The van der Waals surface area contributed by atoms with Crippen molar-refractivity contribution in [2.45, 2.75) is 20.4 Å². The number of nitrogens with one attached hydrogen (secondary N) is 1. The van der Waals surface area contributed by atoms with Crippen LogP contribution in [0, 0.1) is 19.7 Å². The molecule has 0 atom stereocenters. The predicted octanol–water partition coefficient (Wildman–Crippen LogP) is 3.71. The number of nitrogens with two attached hydrogens (primary N) is 1. The smallest absolute Gasteiger partial charge is 0.167 e. The Morgan fingerprint density at radius 1 is 1.32 bits per heavy atom. The van der Waals surface area contributed by atoms with Crippen molar-refractivity contribution in [2.24, 2.45) is 0 Å². The molecule has 102 valence electrons. The molecule has 3 nitrogen and oxygen atoms in total. The van der Waals surface area contributed by atoms with Crippen LogP contribution < -0.4 is 15.8 Å². The van der Waals surface area contributed by atoms with Gasteiger partial charge in [0.2, 0.25) is 0 Å². The number of anilines is 2. The van der Waals surface area contributed by atoms with Gasteiger partial charge in [0, 0.05) is 28.4 Å². The molecule has 0 saturated carbocycles. The van der Waals surface area contributed by atoms with Crippen molar-refractivity contribution in [2.75, 3.05) is 18.2 Å². The van der Waals surface area contributed by atoms with Crippen LogP contribution in [0.5, 0.6) is 5.75 Å². The zero-order chi connectivity index (χ0) is 14.0. The third kappa shape index (κ3) is 2.98. The Kier molecular flexibility index (Phi) is 3.95. The molecule has 5 heteroatoms. The molecular weight excluding hydrogens is 263 g/mol. The zero-order valence-corrected chi connectivity index (χ0v) is 12.0. The highest BCUT2D eigenvalue weighted by molar-refractivity contribution is 7.12. The highest BCUT2D eigenvalue weighted by atomic mass is 32.1. The summed E-state index contributed by atoms with van der Waals surface area (Å²) < 4.78 is 18.4. The van der Waals surface area contributed by atoms with Crippen molar-refractivity contribution in [3.05, 3.63) is 39.3 Å². The number of halogens is 1. The molecule has 0 fully saturated rings. The van der Waals surface area contributed by atoms with Gasteiger partial charge in [-0.2, -0.15) is 0 Å². The van der Waals surface area contributed by atoms with E-state index in [9.17, 15) is 4.39 Å². The van der Waals surface area contributed by atoms with Gasteiger partial charge in [-0.25, -0.2) is 4.39 Å². The van der Waals surface area contributed by atoms with Crippen molar-refractivity contribution in [1.29, 1.82) is 0 Å². The van der Waals surface area contributed by atoms with Gasteiger partial charge >= 0.3 is 0 Å². The monoisotopic (exact) mass is 280 g/mol. The molecule has 0 saturated heterocycles. The Bertz CT molecular complexity index is 576. The first-order valence-corrected chi connectivity index (χ1v) is 6.75. The molecule has 0 radical (unpaired) electrons. The van der Waals surface area contributed by atoms with E-state index in [0.29, 0.717) is 17.9 Å². The fourth-order valence-electron chi connectivity index (χ4n) is 1.80. The van der Waals surface area contributed by atoms with Gasteiger partial charge in [0.25, 0.3) is 0 Å². The minimum atomic E-state index is -0.451. The van der Waals surface area contributed by atoms with Gasteiger partial charge in [0.15, 0.2) is 11.6 Å². The Morgan fingerprint density at radius 3 is 2.63 bits per heavy atom. The van der Waals surface area contributed by atoms with Crippen LogP contribution in [0.15, 0.2) is 18.2 Å². The lowest BCUT2D eigenvalue weighted by Crippen LogP contribution is -2.03. The molecule has 1 heterocycles. The van der Waals surface area contributed by atoms with Gasteiger partial charge in [-0.15, -0.1) is 11.3 Å². The van der Waals surface area contributed by atoms with Crippen LogP contribution in [0.4, 0.5) is 15.8 Å². The van der Waals surface area contributed by atoms with E-state index in [2.05, 4.69) is 25.2 Å². The lowest BCUT2D eigenvalue weighted by molar-refractivity contribution is 0.387. The van der Waals surface area contributed by atoms with E-state index in [4.69, 9.17) is 10.5 Å². The number of thiophene rings is 1. The van der Waals surface area contributed by atoms with Crippen LogP contribution in [0.1, 0.15) is 15.3 Å². The number of methoxy groups -OCH3 is 1. The van der Waals surface area contributed by atoms with Crippen LogP contribution in [0.2, 0.25) is 0 Å². The highest BCUT2D eigenvalue weighted by Gasteiger charge is 2.09. The molecule has 0 aliphatic heterocycles. The van der Waals surface area contributed by atoms with Gasteiger partial charge < -0.3 is 15.8 Å². The Labute approximate surface area is 116 Å². The van der Waals surface area contributed by atoms with Crippen molar-refractivity contribution >= 4 is 22.7 Å². The van der Waals surface area contributed by atoms with Gasteiger partial charge in [-0.3, -0.25) is 0 Å². The van der Waals surface area contributed by atoms with Crippen molar-refractivity contribution in [3.63, 3.8) is 0 Å². The number of aryl methyl sites for hydroxylation is 2. The minimum Gasteiger partial charge on any atom is -0.494 e. The van der Waals surface area contributed by atoms with Crippen molar-refractivity contribution in [1.82, 2.24) is 0 Å². The Morgan fingerprint density at radius 2 is 2.05 bits per heavy atom. The molecule has 2 rings (SSSR count). The number of hydrogen-bond donors (Lipinski definition) is 2. The van der Waals surface area contributed by atoms with Gasteiger partial charge in [0.1, 0.15) is 0 Å². The molecule has 0 aliphatic rings. The summed E-state index contributed by atoms with van der Waals surface area (Å²) >= 11 is 1.74. The zero-order valence-electron chi connectivity index (χ0n) is 11.2. The highest BCUT2D eigenvalue weighted by Crippen LogP contribution is 2.29. The summed E-state index contributed by atoms with van der Waals surface area (Å²) in [5.41, 5.74) is 8.13. The maximum absolute atomic E-state index is 13.4. The average Bonchev–Trinajstić information content (AvgIpc) is 2.68. The summed E-state index contributed by atoms with van der Waals surface area (Å²) in [5.74, 6) is -0.261. The largest absolute Gasteiger partial charge is 0.494 e. The van der Waals surface area contributed by atoms with Crippen LogP contribution in [0.3, 0.4) is 0 Å². The topological polar surface area (TPSA) is 47.3 Å². The summed E-state index contributed by atoms with van der Waals surface area (Å²) in [5, 5.41) is 3.21. The minimum absolute atomic E-state index is 0.190. The number of ether oxygens (including phenoxy) is 1. The second-order valence-corrected chi connectivity index (χ2v) is 5.72. The number of hydrogen-bond acceptors (Lipinski definition) is 4. The maximum Gasteiger partial charge on any atom is 0.167 e. The fourth-order valence-corrected chi connectivity index (χ4v) is 2.79. The van der Waals surface area contributed by atoms with Crippen LogP contribution in [-0.2, 0) is 6.54 Å². The van der Waals surface area contributed by atoms with E-state index in [-0.39, 0.29) is 5.75 Å². The lowest BCUT2D eigenvalue weighted by Gasteiger charge is -2.11. The van der Waals surface area contributed by atoms with Gasteiger partial charge in [-0.1, -0.05) is 0 Å². The molecule has 0 aliphatic carbocycles. The second-order valence-electron chi connectivity index (χ2n) is 4.38. The molecule has 0 bridgehead atoms. The van der Waals surface area contributed by atoms with E-state index in [1.807, 2.05) is 0 Å². The Balaban J connectivity index is 2.15. The summed E-state index contributed by atoms with van der Waals surface area (Å²) in [6, 6.07) is 4.99. The summed E-state index contributed by atoms with van der Waals surface area (Å²) in [7, 11) is 1.43. The quantitative estimate of drug-likeness (QED) is 0.839. The van der Waals surface area contributed by atoms with E-state index in [1.54, 1.807) is 17.4 Å². The van der Waals surface area contributed by atoms with Crippen molar-refractivity contribution < 1.29 is 9.13 Å². The molecule has 19 heavy (non-hydrogen) atoms. The first kappa shape index (κ1) is 13.7. The van der Waals surface area contributed by atoms with E-state index in [1.165, 1.54) is 28.5 Å². The molecule has 1 aromatic heterocycles. The molecule has 1 aromatic carbocycles. The maximum atomic E-state index is 13.4. The molecule has 0 spiro atoms. The van der Waals surface area contributed by atoms with Crippen LogP contribution >= 0.6 is 11.3 Å². The van der Waals surface area contributed by atoms with E-state index in [0.717, 1.165) is 0 Å². The molecule has 2 aromatic rings. The summed E-state index contributed by atoms with van der Waals surface area (Å²) in [4.78, 5) is 2.53. The third-order valence-corrected chi connectivity index (χ3v) is 4.15. The average molecular weight is 280 g/mol. The molecular formula is C14H17FN2OS. The number of rotatable bonds is 4. The van der Waals surface area contributed by atoms with E-state index < -0.39 is 5.82 Å². The number of benzene rings is 1. The van der Waals surface area contributed by atoms with Crippen LogP contribution in [0.25, 0.3) is 0 Å².